The number of hydrogen-bond acceptors (Lipinski definition) is 3. The van der Waals surface area contributed by atoms with Gasteiger partial charge in [-0.2, -0.15) is 0 Å². The van der Waals surface area contributed by atoms with Crippen LogP contribution in [0.2, 0.25) is 0 Å². The summed E-state index contributed by atoms with van der Waals surface area (Å²) >= 11 is 0. The van der Waals surface area contributed by atoms with Crippen LogP contribution in [0.15, 0.2) is 24.5 Å². The van der Waals surface area contributed by atoms with Crippen LogP contribution in [0.1, 0.15) is 17.5 Å². The standard InChI is InChI=1S/C11H15NO2/c1-14-9-11-6-10(7-12-8-11)4-2-3-5-13/h2,4,6-8,13H,3,5,9H2,1H3. The first-order valence-corrected chi connectivity index (χ1v) is 4.57. The van der Waals surface area contributed by atoms with Crippen LogP contribution in [0.4, 0.5) is 0 Å². The van der Waals surface area contributed by atoms with Crippen LogP contribution in [0.25, 0.3) is 6.08 Å². The van der Waals surface area contributed by atoms with E-state index in [2.05, 4.69) is 4.98 Å². The average molecular weight is 193 g/mol. The molecule has 1 rings (SSSR count). The molecule has 0 fully saturated rings. The lowest BCUT2D eigenvalue weighted by atomic mass is 10.2. The van der Waals surface area contributed by atoms with Gasteiger partial charge in [0.1, 0.15) is 0 Å². The maximum atomic E-state index is 8.60. The predicted octanol–water partition coefficient (Wildman–Crippen LogP) is 1.62. The maximum absolute atomic E-state index is 8.60. The molecular weight excluding hydrogens is 178 g/mol. The molecule has 3 nitrogen and oxygen atoms in total. The van der Waals surface area contributed by atoms with Crippen molar-refractivity contribution in [2.24, 2.45) is 0 Å². The highest BCUT2D eigenvalue weighted by atomic mass is 16.5. The number of methoxy groups -OCH3 is 1. The molecule has 1 aromatic rings. The molecule has 1 heterocycles. The van der Waals surface area contributed by atoms with Gasteiger partial charge in [0, 0.05) is 26.1 Å². The van der Waals surface area contributed by atoms with E-state index in [-0.39, 0.29) is 6.61 Å². The Balaban J connectivity index is 2.63. The summed E-state index contributed by atoms with van der Waals surface area (Å²) in [4.78, 5) is 4.09. The lowest BCUT2D eigenvalue weighted by Crippen LogP contribution is -1.89. The lowest BCUT2D eigenvalue weighted by molar-refractivity contribution is 0.184. The molecule has 0 aliphatic rings. The van der Waals surface area contributed by atoms with Crippen molar-refractivity contribution < 1.29 is 9.84 Å². The predicted molar refractivity (Wildman–Crippen MR) is 55.7 cm³/mol. The Labute approximate surface area is 84.1 Å². The molecule has 0 aliphatic heterocycles. The van der Waals surface area contributed by atoms with Crippen molar-refractivity contribution in [1.29, 1.82) is 0 Å². The molecule has 0 bridgehead atoms. The number of hydrogen-bond donors (Lipinski definition) is 1. The monoisotopic (exact) mass is 193 g/mol. The Morgan fingerprint density at radius 1 is 1.50 bits per heavy atom. The Morgan fingerprint density at radius 3 is 3.07 bits per heavy atom. The fourth-order valence-electron chi connectivity index (χ4n) is 1.14. The van der Waals surface area contributed by atoms with Crippen molar-refractivity contribution in [3.63, 3.8) is 0 Å². The van der Waals surface area contributed by atoms with E-state index >= 15 is 0 Å². The molecule has 0 unspecified atom stereocenters. The van der Waals surface area contributed by atoms with E-state index in [4.69, 9.17) is 9.84 Å². The summed E-state index contributed by atoms with van der Waals surface area (Å²) in [5, 5.41) is 8.60. The van der Waals surface area contributed by atoms with Gasteiger partial charge in [-0.3, -0.25) is 4.98 Å². The Morgan fingerprint density at radius 2 is 2.36 bits per heavy atom. The second-order valence-corrected chi connectivity index (χ2v) is 2.97. The second kappa shape index (κ2) is 6.29. The summed E-state index contributed by atoms with van der Waals surface area (Å²) in [5.74, 6) is 0. The quantitative estimate of drug-likeness (QED) is 0.772. The van der Waals surface area contributed by atoms with Crippen molar-refractivity contribution >= 4 is 6.08 Å². The topological polar surface area (TPSA) is 42.4 Å². The number of aliphatic hydroxyl groups is 1. The van der Waals surface area contributed by atoms with Crippen LogP contribution in [0, 0.1) is 0 Å². The molecule has 0 saturated heterocycles. The van der Waals surface area contributed by atoms with Gasteiger partial charge < -0.3 is 9.84 Å². The summed E-state index contributed by atoms with van der Waals surface area (Å²) in [5.41, 5.74) is 2.09. The molecule has 3 heteroatoms. The minimum Gasteiger partial charge on any atom is -0.396 e. The van der Waals surface area contributed by atoms with Gasteiger partial charge in [0.2, 0.25) is 0 Å². The van der Waals surface area contributed by atoms with Gasteiger partial charge in [-0.1, -0.05) is 12.2 Å². The third-order valence-corrected chi connectivity index (χ3v) is 1.73. The molecule has 0 aromatic carbocycles. The molecule has 1 N–H and O–H groups in total. The van der Waals surface area contributed by atoms with E-state index in [1.807, 2.05) is 18.2 Å². The first-order valence-electron chi connectivity index (χ1n) is 4.57. The summed E-state index contributed by atoms with van der Waals surface area (Å²) in [6.45, 7) is 0.760. The fourth-order valence-corrected chi connectivity index (χ4v) is 1.14. The zero-order chi connectivity index (χ0) is 10.2. The summed E-state index contributed by atoms with van der Waals surface area (Å²) < 4.78 is 5.00. The fraction of sp³-hybridized carbons (Fsp3) is 0.364. The highest BCUT2D eigenvalue weighted by molar-refractivity contribution is 5.48. The minimum atomic E-state index is 0.182. The molecule has 0 aliphatic carbocycles. The van der Waals surface area contributed by atoms with E-state index in [0.717, 1.165) is 11.1 Å². The number of pyridine rings is 1. The zero-order valence-electron chi connectivity index (χ0n) is 8.31. The van der Waals surface area contributed by atoms with Crippen LogP contribution in [0.3, 0.4) is 0 Å². The lowest BCUT2D eigenvalue weighted by Gasteiger charge is -1.99. The zero-order valence-corrected chi connectivity index (χ0v) is 8.31. The number of aromatic nitrogens is 1. The van der Waals surface area contributed by atoms with E-state index < -0.39 is 0 Å². The van der Waals surface area contributed by atoms with Gasteiger partial charge >= 0.3 is 0 Å². The number of nitrogens with zero attached hydrogens (tertiary/aromatic N) is 1. The van der Waals surface area contributed by atoms with Crippen molar-refractivity contribution in [3.8, 4) is 0 Å². The van der Waals surface area contributed by atoms with Crippen molar-refractivity contribution in [3.05, 3.63) is 35.7 Å². The molecular formula is C11H15NO2. The van der Waals surface area contributed by atoms with Crippen LogP contribution >= 0.6 is 0 Å². The third-order valence-electron chi connectivity index (χ3n) is 1.73. The van der Waals surface area contributed by atoms with E-state index in [1.165, 1.54) is 0 Å². The van der Waals surface area contributed by atoms with E-state index in [9.17, 15) is 0 Å². The van der Waals surface area contributed by atoms with Crippen molar-refractivity contribution in [2.75, 3.05) is 13.7 Å². The average Bonchev–Trinajstić information content (AvgIpc) is 2.19. The normalized spacial score (nSPS) is 11.0. The van der Waals surface area contributed by atoms with Gasteiger partial charge in [0.15, 0.2) is 0 Å². The molecule has 76 valence electrons. The number of ether oxygens (including phenoxy) is 1. The molecule has 1 aromatic heterocycles. The SMILES string of the molecule is COCc1cncc(C=CCCO)c1. The van der Waals surface area contributed by atoms with Crippen LogP contribution in [0.5, 0.6) is 0 Å². The molecule has 0 atom stereocenters. The van der Waals surface area contributed by atoms with Crippen LogP contribution < -0.4 is 0 Å². The number of aliphatic hydroxyl groups excluding tert-OH is 1. The number of rotatable bonds is 5. The van der Waals surface area contributed by atoms with Gasteiger partial charge in [-0.05, 0) is 23.6 Å². The Kier molecular flexibility index (Phi) is 4.89. The van der Waals surface area contributed by atoms with E-state index in [1.54, 1.807) is 19.5 Å². The largest absolute Gasteiger partial charge is 0.396 e. The molecule has 0 saturated carbocycles. The first kappa shape index (κ1) is 10.9. The highest BCUT2D eigenvalue weighted by Gasteiger charge is 1.92. The minimum absolute atomic E-state index is 0.182. The first-order chi connectivity index (χ1) is 6.86. The van der Waals surface area contributed by atoms with Crippen molar-refractivity contribution in [1.82, 2.24) is 4.98 Å². The van der Waals surface area contributed by atoms with Gasteiger partial charge in [0.25, 0.3) is 0 Å². The Bertz CT molecular complexity index is 297. The maximum Gasteiger partial charge on any atom is 0.0728 e. The van der Waals surface area contributed by atoms with Crippen LogP contribution in [-0.2, 0) is 11.3 Å². The molecule has 14 heavy (non-hydrogen) atoms. The highest BCUT2D eigenvalue weighted by Crippen LogP contribution is 2.06. The second-order valence-electron chi connectivity index (χ2n) is 2.97. The third kappa shape index (κ3) is 3.68. The van der Waals surface area contributed by atoms with Crippen molar-refractivity contribution in [2.45, 2.75) is 13.0 Å². The summed E-state index contributed by atoms with van der Waals surface area (Å²) in [6.07, 6.45) is 8.12. The summed E-state index contributed by atoms with van der Waals surface area (Å²) in [7, 11) is 1.66. The Hall–Kier alpha value is -1.19. The molecule has 0 spiro atoms. The summed E-state index contributed by atoms with van der Waals surface area (Å²) in [6, 6.07) is 2.02. The molecule has 0 amide bonds. The van der Waals surface area contributed by atoms with Gasteiger partial charge in [0.05, 0.1) is 6.61 Å². The molecule has 0 radical (unpaired) electrons. The van der Waals surface area contributed by atoms with E-state index in [0.29, 0.717) is 13.0 Å². The smallest absolute Gasteiger partial charge is 0.0728 e. The van der Waals surface area contributed by atoms with Crippen LogP contribution in [-0.4, -0.2) is 23.8 Å². The van der Waals surface area contributed by atoms with Gasteiger partial charge in [-0.25, -0.2) is 0 Å². The van der Waals surface area contributed by atoms with Gasteiger partial charge in [-0.15, -0.1) is 0 Å².